The van der Waals surface area contributed by atoms with Gasteiger partial charge in [-0.15, -0.1) is 0 Å². The van der Waals surface area contributed by atoms with Gasteiger partial charge in [-0.05, 0) is 53.6 Å². The van der Waals surface area contributed by atoms with Gasteiger partial charge in [0.1, 0.15) is 0 Å². The minimum atomic E-state index is -0.188. The van der Waals surface area contributed by atoms with Crippen LogP contribution in [-0.4, -0.2) is 22.4 Å². The summed E-state index contributed by atoms with van der Waals surface area (Å²) in [4.78, 5) is 31.1. The highest BCUT2D eigenvalue weighted by Crippen LogP contribution is 2.20. The van der Waals surface area contributed by atoms with Crippen LogP contribution in [0.5, 0.6) is 0 Å². The summed E-state index contributed by atoms with van der Waals surface area (Å²) in [6.45, 7) is 4.68. The van der Waals surface area contributed by atoms with E-state index in [1.165, 1.54) is 11.8 Å². The Morgan fingerprint density at radius 3 is 2.80 bits per heavy atom. The van der Waals surface area contributed by atoms with E-state index < -0.39 is 0 Å². The number of benzene rings is 1. The Bertz CT molecular complexity index is 946. The van der Waals surface area contributed by atoms with Crippen molar-refractivity contribution in [2.24, 2.45) is 0 Å². The average molecular weight is 335 g/mol. The minimum absolute atomic E-state index is 0.111. The number of pyridine rings is 2. The van der Waals surface area contributed by atoms with E-state index in [1.54, 1.807) is 18.3 Å². The lowest BCUT2D eigenvalue weighted by atomic mass is 10.0. The van der Waals surface area contributed by atoms with E-state index in [1.807, 2.05) is 18.2 Å². The maximum Gasteiger partial charge on any atom is 0.252 e. The van der Waals surface area contributed by atoms with Crippen molar-refractivity contribution in [2.75, 3.05) is 6.54 Å². The van der Waals surface area contributed by atoms with Crippen molar-refractivity contribution in [3.05, 3.63) is 75.8 Å². The van der Waals surface area contributed by atoms with Gasteiger partial charge in [-0.2, -0.15) is 0 Å². The molecule has 5 nitrogen and oxygen atoms in total. The van der Waals surface area contributed by atoms with Crippen LogP contribution in [0.1, 0.15) is 41.3 Å². The Morgan fingerprint density at radius 1 is 1.24 bits per heavy atom. The first kappa shape index (κ1) is 16.9. The van der Waals surface area contributed by atoms with Gasteiger partial charge >= 0.3 is 0 Å². The minimum Gasteiger partial charge on any atom is -0.352 e. The molecule has 0 saturated carbocycles. The molecule has 0 aliphatic rings. The standard InChI is InChI=1S/C20H21N3O2/c1-13(2)14-5-6-18-17(10-14)11-15(20(25)23-18)7-9-22-19(24)16-4-3-8-21-12-16/h3-6,8,10-13H,7,9H2,1-2H3,(H,22,24)(H,23,25). The Kier molecular flexibility index (Phi) is 4.93. The van der Waals surface area contributed by atoms with Crippen LogP contribution in [0, 0.1) is 0 Å². The van der Waals surface area contributed by atoms with E-state index in [-0.39, 0.29) is 11.5 Å². The van der Waals surface area contributed by atoms with Gasteiger partial charge in [0.15, 0.2) is 0 Å². The fraction of sp³-hybridized carbons (Fsp3) is 0.250. The molecule has 0 fully saturated rings. The summed E-state index contributed by atoms with van der Waals surface area (Å²) in [5.74, 6) is 0.242. The molecule has 0 aliphatic carbocycles. The fourth-order valence-electron chi connectivity index (χ4n) is 2.72. The highest BCUT2D eigenvalue weighted by molar-refractivity contribution is 5.93. The second-order valence-corrected chi connectivity index (χ2v) is 6.37. The zero-order valence-electron chi connectivity index (χ0n) is 14.4. The summed E-state index contributed by atoms with van der Waals surface area (Å²) in [6, 6.07) is 11.4. The van der Waals surface area contributed by atoms with Crippen molar-refractivity contribution in [3.8, 4) is 0 Å². The molecule has 3 aromatic rings. The monoisotopic (exact) mass is 335 g/mol. The quantitative estimate of drug-likeness (QED) is 0.752. The lowest BCUT2D eigenvalue weighted by molar-refractivity contribution is 0.0953. The second-order valence-electron chi connectivity index (χ2n) is 6.37. The lowest BCUT2D eigenvalue weighted by Gasteiger charge is -2.09. The van der Waals surface area contributed by atoms with Crippen LogP contribution in [0.3, 0.4) is 0 Å². The summed E-state index contributed by atoms with van der Waals surface area (Å²) < 4.78 is 0. The van der Waals surface area contributed by atoms with Crippen LogP contribution >= 0.6 is 0 Å². The fourth-order valence-corrected chi connectivity index (χ4v) is 2.72. The normalized spacial score (nSPS) is 11.0. The molecule has 2 aromatic heterocycles. The largest absolute Gasteiger partial charge is 0.352 e. The molecule has 0 radical (unpaired) electrons. The number of nitrogens with one attached hydrogen (secondary N) is 2. The molecule has 5 heteroatoms. The van der Waals surface area contributed by atoms with Gasteiger partial charge in [-0.3, -0.25) is 14.6 Å². The Labute approximate surface area is 146 Å². The molecule has 1 aromatic carbocycles. The molecule has 0 saturated heterocycles. The topological polar surface area (TPSA) is 74.8 Å². The summed E-state index contributed by atoms with van der Waals surface area (Å²) in [5.41, 5.74) is 3.13. The highest BCUT2D eigenvalue weighted by Gasteiger charge is 2.08. The van der Waals surface area contributed by atoms with Crippen molar-refractivity contribution in [1.82, 2.24) is 15.3 Å². The molecule has 0 bridgehead atoms. The smallest absolute Gasteiger partial charge is 0.252 e. The number of rotatable bonds is 5. The number of aromatic amines is 1. The summed E-state index contributed by atoms with van der Waals surface area (Å²) in [7, 11) is 0. The van der Waals surface area contributed by atoms with E-state index in [0.29, 0.717) is 30.0 Å². The van der Waals surface area contributed by atoms with Crippen LogP contribution in [0.25, 0.3) is 10.9 Å². The van der Waals surface area contributed by atoms with E-state index in [2.05, 4.69) is 35.2 Å². The second kappa shape index (κ2) is 7.30. The molecule has 0 unspecified atom stereocenters. The molecule has 128 valence electrons. The van der Waals surface area contributed by atoms with Gasteiger partial charge in [0, 0.05) is 30.0 Å². The molecule has 1 amide bonds. The number of H-pyrrole nitrogens is 1. The first-order valence-corrected chi connectivity index (χ1v) is 8.38. The van der Waals surface area contributed by atoms with Gasteiger partial charge in [-0.1, -0.05) is 19.9 Å². The molecular formula is C20H21N3O2. The zero-order chi connectivity index (χ0) is 17.8. The van der Waals surface area contributed by atoms with Crippen molar-refractivity contribution in [3.63, 3.8) is 0 Å². The van der Waals surface area contributed by atoms with Gasteiger partial charge in [0.2, 0.25) is 0 Å². The van der Waals surface area contributed by atoms with E-state index in [9.17, 15) is 9.59 Å². The maximum atomic E-state index is 12.2. The predicted molar refractivity (Wildman–Crippen MR) is 98.9 cm³/mol. The van der Waals surface area contributed by atoms with Gasteiger partial charge in [0.25, 0.3) is 11.5 Å². The number of fused-ring (bicyclic) bond motifs is 1. The number of nitrogens with zero attached hydrogens (tertiary/aromatic N) is 1. The molecule has 0 atom stereocenters. The first-order valence-electron chi connectivity index (χ1n) is 8.38. The SMILES string of the molecule is CC(C)c1ccc2[nH]c(=O)c(CCNC(=O)c3cccnc3)cc2c1. The predicted octanol–water partition coefficient (Wildman–Crippen LogP) is 3.02. The third-order valence-electron chi connectivity index (χ3n) is 4.22. The molecule has 2 N–H and O–H groups in total. The van der Waals surface area contributed by atoms with Crippen molar-refractivity contribution >= 4 is 16.8 Å². The van der Waals surface area contributed by atoms with Gasteiger partial charge in [0.05, 0.1) is 5.56 Å². The highest BCUT2D eigenvalue weighted by atomic mass is 16.1. The average Bonchev–Trinajstić information content (AvgIpc) is 2.62. The number of amides is 1. The molecule has 3 rings (SSSR count). The molecule has 0 spiro atoms. The lowest BCUT2D eigenvalue weighted by Crippen LogP contribution is -2.27. The molecule has 25 heavy (non-hydrogen) atoms. The van der Waals surface area contributed by atoms with Crippen molar-refractivity contribution in [2.45, 2.75) is 26.2 Å². The summed E-state index contributed by atoms with van der Waals surface area (Å²) in [5, 5.41) is 3.83. The van der Waals surface area contributed by atoms with Crippen LogP contribution in [0.15, 0.2) is 53.6 Å². The molecule has 2 heterocycles. The maximum absolute atomic E-state index is 12.2. The van der Waals surface area contributed by atoms with Crippen LogP contribution in [0.4, 0.5) is 0 Å². The summed E-state index contributed by atoms with van der Waals surface area (Å²) in [6.07, 6.45) is 3.62. The molecular weight excluding hydrogens is 314 g/mol. The first-order chi connectivity index (χ1) is 12.0. The third kappa shape index (κ3) is 3.94. The molecule has 0 aliphatic heterocycles. The van der Waals surface area contributed by atoms with E-state index >= 15 is 0 Å². The van der Waals surface area contributed by atoms with Gasteiger partial charge in [-0.25, -0.2) is 0 Å². The van der Waals surface area contributed by atoms with E-state index in [4.69, 9.17) is 0 Å². The summed E-state index contributed by atoms with van der Waals surface area (Å²) >= 11 is 0. The number of aromatic nitrogens is 2. The van der Waals surface area contributed by atoms with E-state index in [0.717, 1.165) is 10.9 Å². The zero-order valence-corrected chi connectivity index (χ0v) is 14.4. The Morgan fingerprint density at radius 2 is 2.08 bits per heavy atom. The van der Waals surface area contributed by atoms with Crippen LogP contribution < -0.4 is 10.9 Å². The number of carbonyl (C=O) groups is 1. The van der Waals surface area contributed by atoms with Crippen LogP contribution in [0.2, 0.25) is 0 Å². The Hall–Kier alpha value is -2.95. The van der Waals surface area contributed by atoms with Crippen molar-refractivity contribution in [1.29, 1.82) is 0 Å². The third-order valence-corrected chi connectivity index (χ3v) is 4.22. The van der Waals surface area contributed by atoms with Gasteiger partial charge < -0.3 is 10.3 Å². The number of hydrogen-bond acceptors (Lipinski definition) is 3. The Balaban J connectivity index is 1.73. The van der Waals surface area contributed by atoms with Crippen LogP contribution in [-0.2, 0) is 6.42 Å². The number of hydrogen-bond donors (Lipinski definition) is 2. The number of carbonyl (C=O) groups excluding carboxylic acids is 1. The van der Waals surface area contributed by atoms with Crippen molar-refractivity contribution < 1.29 is 4.79 Å².